The molecule has 0 saturated carbocycles. The van der Waals surface area contributed by atoms with Crippen molar-refractivity contribution in [3.05, 3.63) is 59.8 Å². The Bertz CT molecular complexity index is 1110. The van der Waals surface area contributed by atoms with Gasteiger partial charge in [0.2, 0.25) is 0 Å². The van der Waals surface area contributed by atoms with E-state index in [0.717, 1.165) is 56.0 Å². The van der Waals surface area contributed by atoms with Crippen molar-refractivity contribution in [2.75, 3.05) is 46.9 Å². The predicted octanol–water partition coefficient (Wildman–Crippen LogP) is 3.52. The van der Waals surface area contributed by atoms with Crippen LogP contribution in [0.15, 0.2) is 48.5 Å². The summed E-state index contributed by atoms with van der Waals surface area (Å²) < 4.78 is 11.8. The maximum Gasteiger partial charge on any atom is 0.264 e. The molecule has 7 heteroatoms. The Morgan fingerprint density at radius 1 is 1.16 bits per heavy atom. The maximum atomic E-state index is 5.93. The third-order valence-corrected chi connectivity index (χ3v) is 6.98. The number of nitrogens with zero attached hydrogens (tertiary/aromatic N) is 2. The second kappa shape index (κ2) is 8.73. The quantitative estimate of drug-likeness (QED) is 0.580. The van der Waals surface area contributed by atoms with Gasteiger partial charge in [-0.3, -0.25) is 4.90 Å². The number of para-hydroxylation sites is 1. The van der Waals surface area contributed by atoms with Crippen molar-refractivity contribution in [1.29, 1.82) is 0 Å². The molecule has 1 unspecified atom stereocenters. The number of thiocarbonyl (C=S) groups is 1. The molecule has 2 aromatic carbocycles. The lowest BCUT2D eigenvalue weighted by Crippen LogP contribution is -2.49. The van der Waals surface area contributed by atoms with Crippen molar-refractivity contribution in [3.63, 3.8) is 0 Å². The van der Waals surface area contributed by atoms with E-state index in [1.54, 1.807) is 4.90 Å². The lowest BCUT2D eigenvalue weighted by atomic mass is 9.86. The second-order valence-electron chi connectivity index (χ2n) is 8.89. The van der Waals surface area contributed by atoms with Crippen molar-refractivity contribution in [3.8, 4) is 11.5 Å². The number of fused-ring (bicyclic) bond motifs is 4. The fourth-order valence-electron chi connectivity index (χ4n) is 4.90. The largest absolute Gasteiger partial charge is 0.492 e. The zero-order valence-electron chi connectivity index (χ0n) is 18.7. The molecule has 3 heterocycles. The molecule has 2 aliphatic rings. The number of nitrogens with one attached hydrogen (secondary N) is 2. The normalized spacial score (nSPS) is 20.4. The summed E-state index contributed by atoms with van der Waals surface area (Å²) in [5.41, 5.74) is 3.87. The van der Waals surface area contributed by atoms with Crippen LogP contribution < -0.4 is 14.8 Å². The van der Waals surface area contributed by atoms with Gasteiger partial charge in [0, 0.05) is 56.9 Å². The van der Waals surface area contributed by atoms with Gasteiger partial charge in [0.25, 0.3) is 5.17 Å². The summed E-state index contributed by atoms with van der Waals surface area (Å²) in [7, 11) is 3.79. The van der Waals surface area contributed by atoms with Crippen molar-refractivity contribution < 1.29 is 9.47 Å². The minimum Gasteiger partial charge on any atom is -0.492 e. The average Bonchev–Trinajstić information content (AvgIpc) is 3.37. The number of hydrogen-bond acceptors (Lipinski definition) is 5. The molecule has 0 aliphatic carbocycles. The Morgan fingerprint density at radius 3 is 2.81 bits per heavy atom. The van der Waals surface area contributed by atoms with Crippen LogP contribution in [0, 0.1) is 0 Å². The first-order valence-corrected chi connectivity index (χ1v) is 11.6. The molecule has 1 spiro atoms. The first-order chi connectivity index (χ1) is 15.5. The molecule has 5 rings (SSSR count). The third-order valence-electron chi connectivity index (χ3n) is 6.53. The predicted molar refractivity (Wildman–Crippen MR) is 132 cm³/mol. The molecule has 32 heavy (non-hydrogen) atoms. The van der Waals surface area contributed by atoms with Crippen molar-refractivity contribution >= 4 is 28.3 Å². The van der Waals surface area contributed by atoms with Crippen LogP contribution in [0.2, 0.25) is 0 Å². The standard InChI is InChI=1S/C25H30N4O2S/c1-28(2)24(32)31-19-8-9-22-21(16-19)20-10-12-26-25(23(20)27-22)11-13-29(17-25)14-15-30-18-6-4-3-5-7-18/h3-9,16,26-27H,10-15,17H2,1-2H3. The molecular weight excluding hydrogens is 420 g/mol. The monoisotopic (exact) mass is 450 g/mol. The molecule has 1 aromatic heterocycles. The molecule has 1 fully saturated rings. The van der Waals surface area contributed by atoms with E-state index >= 15 is 0 Å². The second-order valence-corrected chi connectivity index (χ2v) is 9.24. The smallest absolute Gasteiger partial charge is 0.264 e. The minimum absolute atomic E-state index is 0.0285. The van der Waals surface area contributed by atoms with Gasteiger partial charge in [-0.1, -0.05) is 18.2 Å². The van der Waals surface area contributed by atoms with E-state index in [0.29, 0.717) is 11.8 Å². The molecule has 1 atom stereocenters. The first kappa shape index (κ1) is 21.2. The molecule has 168 valence electrons. The van der Waals surface area contributed by atoms with Gasteiger partial charge in [0.15, 0.2) is 0 Å². The number of aromatic nitrogens is 1. The van der Waals surface area contributed by atoms with Crippen LogP contribution in [0.3, 0.4) is 0 Å². The molecule has 3 aromatic rings. The fourth-order valence-corrected chi connectivity index (χ4v) is 5.00. The van der Waals surface area contributed by atoms with Crippen LogP contribution in [0.4, 0.5) is 0 Å². The van der Waals surface area contributed by atoms with Crippen LogP contribution in [-0.4, -0.2) is 66.8 Å². The Balaban J connectivity index is 1.32. The van der Waals surface area contributed by atoms with Gasteiger partial charge in [0.1, 0.15) is 18.1 Å². The Kier molecular flexibility index (Phi) is 5.80. The highest BCUT2D eigenvalue weighted by Gasteiger charge is 2.44. The average molecular weight is 451 g/mol. The van der Waals surface area contributed by atoms with Crippen LogP contribution in [0.5, 0.6) is 11.5 Å². The fraction of sp³-hybridized carbons (Fsp3) is 0.400. The molecule has 0 radical (unpaired) electrons. The zero-order valence-corrected chi connectivity index (χ0v) is 19.5. The number of hydrogen-bond donors (Lipinski definition) is 2. The Hall–Kier alpha value is -2.61. The molecule has 0 bridgehead atoms. The number of likely N-dealkylation sites (tertiary alicyclic amines) is 1. The van der Waals surface area contributed by atoms with Gasteiger partial charge in [-0.05, 0) is 61.0 Å². The summed E-state index contributed by atoms with van der Waals surface area (Å²) in [6, 6.07) is 16.3. The van der Waals surface area contributed by atoms with Gasteiger partial charge >= 0.3 is 0 Å². The molecule has 0 amide bonds. The Labute approximate surface area is 194 Å². The number of aromatic amines is 1. The zero-order chi connectivity index (χ0) is 22.1. The van der Waals surface area contributed by atoms with E-state index in [1.807, 2.05) is 50.5 Å². The SMILES string of the molecule is CN(C)C(=S)Oc1ccc2[nH]c3c(c2c1)CCNC31CCN(CCOc2ccccc2)C1. The van der Waals surface area contributed by atoms with Gasteiger partial charge in [0.05, 0.1) is 5.54 Å². The van der Waals surface area contributed by atoms with Crippen LogP contribution >= 0.6 is 12.2 Å². The van der Waals surface area contributed by atoms with Gasteiger partial charge in [-0.25, -0.2) is 0 Å². The van der Waals surface area contributed by atoms with Crippen LogP contribution in [-0.2, 0) is 12.0 Å². The third kappa shape index (κ3) is 4.08. The van der Waals surface area contributed by atoms with Gasteiger partial charge in [-0.15, -0.1) is 0 Å². The number of benzene rings is 2. The van der Waals surface area contributed by atoms with Crippen LogP contribution in [0.1, 0.15) is 17.7 Å². The summed E-state index contributed by atoms with van der Waals surface area (Å²) >= 11 is 5.31. The minimum atomic E-state index is -0.0285. The van der Waals surface area contributed by atoms with Crippen molar-refractivity contribution in [1.82, 2.24) is 20.1 Å². The first-order valence-electron chi connectivity index (χ1n) is 11.2. The van der Waals surface area contributed by atoms with E-state index in [1.165, 1.54) is 16.6 Å². The molecular formula is C25H30N4O2S. The summed E-state index contributed by atoms with van der Waals surface area (Å²) in [4.78, 5) is 8.04. The van der Waals surface area contributed by atoms with Crippen molar-refractivity contribution in [2.45, 2.75) is 18.4 Å². The highest BCUT2D eigenvalue weighted by molar-refractivity contribution is 7.80. The Morgan fingerprint density at radius 2 is 2.00 bits per heavy atom. The van der Waals surface area contributed by atoms with E-state index in [9.17, 15) is 0 Å². The lowest BCUT2D eigenvalue weighted by Gasteiger charge is -2.35. The maximum absolute atomic E-state index is 5.93. The highest BCUT2D eigenvalue weighted by atomic mass is 32.1. The number of ether oxygens (including phenoxy) is 2. The summed E-state index contributed by atoms with van der Waals surface area (Å²) in [5, 5.41) is 5.55. The highest BCUT2D eigenvalue weighted by Crippen LogP contribution is 2.40. The number of rotatable bonds is 5. The summed E-state index contributed by atoms with van der Waals surface area (Å²) in [6.45, 7) is 4.65. The van der Waals surface area contributed by atoms with Gasteiger partial charge < -0.3 is 24.7 Å². The number of H-pyrrole nitrogens is 1. The summed E-state index contributed by atoms with van der Waals surface area (Å²) in [6.07, 6.45) is 2.10. The molecule has 6 nitrogen and oxygen atoms in total. The van der Waals surface area contributed by atoms with E-state index < -0.39 is 0 Å². The molecule has 1 saturated heterocycles. The lowest BCUT2D eigenvalue weighted by molar-refractivity contribution is 0.218. The topological polar surface area (TPSA) is 52.8 Å². The van der Waals surface area contributed by atoms with Crippen LogP contribution in [0.25, 0.3) is 10.9 Å². The van der Waals surface area contributed by atoms with Gasteiger partial charge in [-0.2, -0.15) is 0 Å². The molecule has 2 N–H and O–H groups in total. The summed E-state index contributed by atoms with van der Waals surface area (Å²) in [5.74, 6) is 1.72. The van der Waals surface area contributed by atoms with E-state index in [-0.39, 0.29) is 5.54 Å². The van der Waals surface area contributed by atoms with E-state index in [2.05, 4.69) is 27.3 Å². The van der Waals surface area contributed by atoms with Crippen molar-refractivity contribution in [2.24, 2.45) is 0 Å². The van der Waals surface area contributed by atoms with E-state index in [4.69, 9.17) is 21.7 Å². The molecule has 2 aliphatic heterocycles.